The van der Waals surface area contributed by atoms with E-state index in [1.54, 1.807) is 11.8 Å². The lowest BCUT2D eigenvalue weighted by Gasteiger charge is -2.05. The molecule has 1 aromatic heterocycles. The molecule has 4 aliphatic rings. The summed E-state index contributed by atoms with van der Waals surface area (Å²) in [5, 5.41) is 7.42. The van der Waals surface area contributed by atoms with Crippen LogP contribution in [0.5, 0.6) is 11.5 Å². The molecule has 2 aromatic rings. The van der Waals surface area contributed by atoms with Gasteiger partial charge in [0.15, 0.2) is 11.5 Å². The second-order valence-electron chi connectivity index (χ2n) is 7.17. The first-order valence-corrected chi connectivity index (χ1v) is 11.3. The fourth-order valence-corrected chi connectivity index (χ4v) is 5.64. The lowest BCUT2D eigenvalue weighted by atomic mass is 10.1. The Balaban J connectivity index is 1.43. The van der Waals surface area contributed by atoms with Crippen molar-refractivity contribution in [3.05, 3.63) is 43.9 Å². The zero-order chi connectivity index (χ0) is 20.4. The van der Waals surface area contributed by atoms with E-state index >= 15 is 0 Å². The van der Waals surface area contributed by atoms with E-state index in [0.29, 0.717) is 26.0 Å². The molecular formula is C19H14N4O4S3. The van der Waals surface area contributed by atoms with Gasteiger partial charge in [-0.05, 0) is 30.4 Å². The maximum absolute atomic E-state index is 12.5. The number of hydrogen-bond donors (Lipinski definition) is 4. The van der Waals surface area contributed by atoms with Gasteiger partial charge < -0.3 is 30.1 Å². The molecule has 8 nitrogen and oxygen atoms in total. The molecule has 2 fully saturated rings. The number of fused-ring (bicyclic) bond motifs is 2. The monoisotopic (exact) mass is 458 g/mol. The molecule has 1 aromatic carbocycles. The second-order valence-corrected chi connectivity index (χ2v) is 9.91. The van der Waals surface area contributed by atoms with Gasteiger partial charge in [-0.15, -0.1) is 0 Å². The SMILES string of the molecule is O=C1NC(=S)S/C1=c1/[nH]c(=O)/c(=C\C(=C2\Nc3cc4c(cc3S2)OCO4)C2CC2)[nH]1. The fraction of sp³-hybridized carbons (Fsp3) is 0.211. The largest absolute Gasteiger partial charge is 0.454 e. The van der Waals surface area contributed by atoms with Crippen molar-refractivity contribution in [2.45, 2.75) is 17.7 Å². The van der Waals surface area contributed by atoms with Crippen molar-refractivity contribution in [3.63, 3.8) is 0 Å². The summed E-state index contributed by atoms with van der Waals surface area (Å²) in [6, 6.07) is 3.92. The molecule has 4 heterocycles. The first-order chi connectivity index (χ1) is 14.5. The van der Waals surface area contributed by atoms with Gasteiger partial charge in [0.05, 0.1) is 10.7 Å². The van der Waals surface area contributed by atoms with Crippen LogP contribution >= 0.6 is 35.7 Å². The Hall–Kier alpha value is -2.63. The number of aromatic nitrogens is 2. The van der Waals surface area contributed by atoms with Crippen LogP contribution in [0.15, 0.2) is 32.4 Å². The van der Waals surface area contributed by atoms with Crippen molar-refractivity contribution in [1.29, 1.82) is 0 Å². The number of rotatable bonds is 2. The first kappa shape index (κ1) is 18.2. The van der Waals surface area contributed by atoms with Crippen LogP contribution in [-0.2, 0) is 4.79 Å². The van der Waals surface area contributed by atoms with Crippen LogP contribution in [0.2, 0.25) is 0 Å². The molecule has 0 bridgehead atoms. The topological polar surface area (TPSA) is 108 Å². The summed E-state index contributed by atoms with van der Waals surface area (Å²) in [5.74, 6) is 1.56. The molecule has 1 saturated heterocycles. The van der Waals surface area contributed by atoms with E-state index in [9.17, 15) is 9.59 Å². The molecule has 6 rings (SSSR count). The molecule has 0 radical (unpaired) electrons. The average Bonchev–Trinajstić information content (AvgIpc) is 3.00. The Kier molecular flexibility index (Phi) is 4.05. The van der Waals surface area contributed by atoms with Gasteiger partial charge in [-0.1, -0.05) is 35.7 Å². The summed E-state index contributed by atoms with van der Waals surface area (Å²) in [6.07, 6.45) is 4.02. The summed E-state index contributed by atoms with van der Waals surface area (Å²) in [4.78, 5) is 31.8. The van der Waals surface area contributed by atoms with Gasteiger partial charge in [0, 0.05) is 17.0 Å². The smallest absolute Gasteiger partial charge is 0.273 e. The Morgan fingerprint density at radius 2 is 1.90 bits per heavy atom. The number of aromatic amines is 2. The van der Waals surface area contributed by atoms with Gasteiger partial charge in [-0.3, -0.25) is 9.59 Å². The van der Waals surface area contributed by atoms with Crippen LogP contribution in [0.4, 0.5) is 5.69 Å². The third-order valence-corrected chi connectivity index (χ3v) is 7.43. The Labute approximate surface area is 183 Å². The molecule has 4 N–H and O–H groups in total. The number of carbonyl (C=O) groups is 1. The predicted octanol–water partition coefficient (Wildman–Crippen LogP) is 1.31. The molecule has 1 aliphatic carbocycles. The van der Waals surface area contributed by atoms with E-state index < -0.39 is 0 Å². The number of anilines is 1. The maximum Gasteiger partial charge on any atom is 0.273 e. The van der Waals surface area contributed by atoms with Gasteiger partial charge in [0.1, 0.15) is 20.1 Å². The van der Waals surface area contributed by atoms with Crippen LogP contribution in [0.25, 0.3) is 11.0 Å². The van der Waals surface area contributed by atoms with Crippen molar-refractivity contribution in [3.8, 4) is 11.5 Å². The van der Waals surface area contributed by atoms with E-state index in [-0.39, 0.29) is 18.3 Å². The minimum absolute atomic E-state index is 0.241. The average molecular weight is 459 g/mol. The summed E-state index contributed by atoms with van der Waals surface area (Å²) in [6.45, 7) is 0.241. The van der Waals surface area contributed by atoms with Crippen molar-refractivity contribution in [1.82, 2.24) is 15.3 Å². The van der Waals surface area contributed by atoms with Gasteiger partial charge in [0.25, 0.3) is 11.5 Å². The number of benzene rings is 1. The van der Waals surface area contributed by atoms with E-state index in [1.165, 1.54) is 0 Å². The highest BCUT2D eigenvalue weighted by Crippen LogP contribution is 2.51. The number of amides is 1. The molecule has 0 atom stereocenters. The number of ether oxygens (including phenoxy) is 2. The van der Waals surface area contributed by atoms with E-state index in [1.807, 2.05) is 18.2 Å². The number of imidazole rings is 1. The lowest BCUT2D eigenvalue weighted by molar-refractivity contribution is -0.113. The number of nitrogens with one attached hydrogen (secondary N) is 4. The van der Waals surface area contributed by atoms with E-state index in [4.69, 9.17) is 21.7 Å². The zero-order valence-corrected chi connectivity index (χ0v) is 17.7. The van der Waals surface area contributed by atoms with Gasteiger partial charge in [-0.25, -0.2) is 0 Å². The quantitative estimate of drug-likeness (QED) is 0.499. The van der Waals surface area contributed by atoms with Crippen LogP contribution in [-0.4, -0.2) is 27.0 Å². The summed E-state index contributed by atoms with van der Waals surface area (Å²) >= 11 is 7.78. The van der Waals surface area contributed by atoms with E-state index in [0.717, 1.165) is 57.3 Å². The number of H-pyrrole nitrogens is 2. The molecule has 0 spiro atoms. The number of carbonyl (C=O) groups excluding carboxylic acids is 1. The summed E-state index contributed by atoms with van der Waals surface area (Å²) in [7, 11) is 0. The number of thiocarbonyl (C=S) groups is 1. The molecule has 1 saturated carbocycles. The first-order valence-electron chi connectivity index (χ1n) is 9.25. The zero-order valence-electron chi connectivity index (χ0n) is 15.3. The van der Waals surface area contributed by atoms with Crippen molar-refractivity contribution in [2.24, 2.45) is 5.92 Å². The van der Waals surface area contributed by atoms with Crippen LogP contribution in [0.3, 0.4) is 0 Å². The van der Waals surface area contributed by atoms with Gasteiger partial charge >= 0.3 is 0 Å². The van der Waals surface area contributed by atoms with E-state index in [2.05, 4.69) is 20.6 Å². The molecule has 30 heavy (non-hydrogen) atoms. The van der Waals surface area contributed by atoms with Crippen molar-refractivity contribution >= 4 is 62.6 Å². The third-order valence-electron chi connectivity index (χ3n) is 5.10. The van der Waals surface area contributed by atoms with Crippen LogP contribution in [0.1, 0.15) is 12.8 Å². The Bertz CT molecular complexity index is 1320. The highest BCUT2D eigenvalue weighted by Gasteiger charge is 2.31. The Morgan fingerprint density at radius 3 is 2.63 bits per heavy atom. The minimum Gasteiger partial charge on any atom is -0.454 e. The molecule has 152 valence electrons. The number of thioether (sulfide) groups is 2. The second kappa shape index (κ2) is 6.69. The van der Waals surface area contributed by atoms with Crippen LogP contribution in [0, 0.1) is 5.92 Å². The number of hydrogen-bond acceptors (Lipinski definition) is 8. The molecule has 11 heteroatoms. The molecule has 3 aliphatic heterocycles. The fourth-order valence-electron chi connectivity index (χ4n) is 3.51. The predicted molar refractivity (Wildman–Crippen MR) is 119 cm³/mol. The Morgan fingerprint density at radius 1 is 1.10 bits per heavy atom. The van der Waals surface area contributed by atoms with Crippen molar-refractivity contribution < 1.29 is 14.3 Å². The summed E-state index contributed by atoms with van der Waals surface area (Å²) in [5.41, 5.74) is 2.13. The molecule has 0 unspecified atom stereocenters. The molecular weight excluding hydrogens is 444 g/mol. The van der Waals surface area contributed by atoms with Gasteiger partial charge in [0.2, 0.25) is 6.79 Å². The van der Waals surface area contributed by atoms with Crippen molar-refractivity contribution in [2.75, 3.05) is 12.1 Å². The maximum atomic E-state index is 12.5. The van der Waals surface area contributed by atoms with Gasteiger partial charge in [-0.2, -0.15) is 0 Å². The summed E-state index contributed by atoms with van der Waals surface area (Å²) < 4.78 is 11.3. The van der Waals surface area contributed by atoms with Crippen LogP contribution < -0.4 is 36.5 Å². The highest BCUT2D eigenvalue weighted by molar-refractivity contribution is 8.30. The third kappa shape index (κ3) is 3.04. The lowest BCUT2D eigenvalue weighted by Crippen LogP contribution is -2.23. The molecule has 1 amide bonds. The standard InChI is InChI=1S/C19H14N4O4S3/c24-16-10(20-15(22-16)14-17(25)23-19(28)30-14)3-8(7-1-2-7)18-21-9-4-11-12(27-6-26-11)5-13(9)29-18/h3-5,7,20-21H,1-2,6H2,(H,22,24)(H,23,25,28)/b10-3+,15-14+,18-8+. The highest BCUT2D eigenvalue weighted by atomic mass is 32.2. The normalized spacial score (nSPS) is 23.5. The number of allylic oxidation sites excluding steroid dienone is 1. The minimum atomic E-state index is -0.309.